The van der Waals surface area contributed by atoms with Gasteiger partial charge in [-0.25, -0.2) is 22.9 Å². The van der Waals surface area contributed by atoms with Crippen LogP contribution < -0.4 is 10.0 Å². The molecule has 3 heterocycles. The monoisotopic (exact) mass is 537 g/mol. The number of rotatable bonds is 10. The minimum atomic E-state index is -4.09. The molecule has 3 aromatic heterocycles. The van der Waals surface area contributed by atoms with Crippen LogP contribution in [0.3, 0.4) is 0 Å². The number of imidazole rings is 1. The number of pyridine rings is 1. The Balaban J connectivity index is 1.56. The molecule has 37 heavy (non-hydrogen) atoms. The fourth-order valence-corrected chi connectivity index (χ4v) is 6.87. The van der Waals surface area contributed by atoms with Crippen LogP contribution in [0.4, 0.5) is 4.79 Å². The van der Waals surface area contributed by atoms with Crippen molar-refractivity contribution in [1.29, 1.82) is 0 Å². The van der Waals surface area contributed by atoms with Gasteiger partial charge in [-0.1, -0.05) is 51.1 Å². The first kappa shape index (κ1) is 26.6. The minimum Gasteiger partial charge on any atom is -0.332 e. The van der Waals surface area contributed by atoms with Crippen molar-refractivity contribution in [2.24, 2.45) is 5.92 Å². The predicted octanol–water partition coefficient (Wildman–Crippen LogP) is 5.00. The zero-order valence-corrected chi connectivity index (χ0v) is 22.8. The Morgan fingerprint density at radius 1 is 1.08 bits per heavy atom. The molecule has 0 saturated carbocycles. The second kappa shape index (κ2) is 11.7. The highest BCUT2D eigenvalue weighted by Gasteiger charge is 2.26. The van der Waals surface area contributed by atoms with Crippen molar-refractivity contribution in [3.8, 4) is 11.1 Å². The van der Waals surface area contributed by atoms with Crippen molar-refractivity contribution in [3.05, 3.63) is 89.1 Å². The maximum Gasteiger partial charge on any atom is 0.329 e. The van der Waals surface area contributed by atoms with Gasteiger partial charge in [0.25, 0.3) is 10.0 Å². The van der Waals surface area contributed by atoms with Crippen molar-refractivity contribution in [3.63, 3.8) is 0 Å². The number of nitrogens with zero attached hydrogens (tertiary/aromatic N) is 3. The molecule has 0 saturated heterocycles. The molecule has 8 nitrogen and oxygen atoms in total. The van der Waals surface area contributed by atoms with Gasteiger partial charge in [0.05, 0.1) is 12.2 Å². The highest BCUT2D eigenvalue weighted by atomic mass is 32.2. The van der Waals surface area contributed by atoms with E-state index in [0.717, 1.165) is 34.7 Å². The van der Waals surface area contributed by atoms with E-state index in [1.165, 1.54) is 11.3 Å². The molecule has 1 aromatic carbocycles. The summed E-state index contributed by atoms with van der Waals surface area (Å²) >= 11 is 1.20. The smallest absolute Gasteiger partial charge is 0.329 e. The zero-order valence-electron chi connectivity index (χ0n) is 21.1. The van der Waals surface area contributed by atoms with Gasteiger partial charge in [0, 0.05) is 42.0 Å². The average molecular weight is 538 g/mol. The molecule has 0 unspecified atom stereocenters. The molecular weight excluding hydrogens is 506 g/mol. The molecule has 0 radical (unpaired) electrons. The normalized spacial score (nSPS) is 11.6. The molecule has 194 valence electrons. The highest BCUT2D eigenvalue weighted by Crippen LogP contribution is 2.36. The molecule has 0 aliphatic carbocycles. The molecule has 0 spiro atoms. The summed E-state index contributed by atoms with van der Waals surface area (Å²) in [5, 5.41) is 2.57. The number of hydrogen-bond donors (Lipinski definition) is 2. The maximum absolute atomic E-state index is 13.3. The van der Waals surface area contributed by atoms with E-state index in [9.17, 15) is 13.2 Å². The van der Waals surface area contributed by atoms with Crippen LogP contribution in [0.5, 0.6) is 0 Å². The number of benzene rings is 1. The quantitative estimate of drug-likeness (QED) is 0.296. The van der Waals surface area contributed by atoms with Gasteiger partial charge >= 0.3 is 6.03 Å². The van der Waals surface area contributed by atoms with Crippen LogP contribution >= 0.6 is 11.3 Å². The minimum absolute atomic E-state index is 0.121. The second-order valence-electron chi connectivity index (χ2n) is 9.14. The molecule has 0 fully saturated rings. The number of carbonyl (C=O) groups is 1. The van der Waals surface area contributed by atoms with E-state index in [2.05, 4.69) is 45.3 Å². The number of thiophene rings is 1. The van der Waals surface area contributed by atoms with E-state index in [-0.39, 0.29) is 10.8 Å². The van der Waals surface area contributed by atoms with Gasteiger partial charge in [-0.05, 0) is 41.7 Å². The first-order valence-corrected chi connectivity index (χ1v) is 14.5. The van der Waals surface area contributed by atoms with Crippen molar-refractivity contribution < 1.29 is 13.2 Å². The predicted molar refractivity (Wildman–Crippen MR) is 146 cm³/mol. The van der Waals surface area contributed by atoms with Crippen LogP contribution in [0.25, 0.3) is 11.1 Å². The van der Waals surface area contributed by atoms with Crippen molar-refractivity contribution in [1.82, 2.24) is 24.6 Å². The number of nitrogens with one attached hydrogen (secondary N) is 2. The zero-order chi connectivity index (χ0) is 26.4. The largest absolute Gasteiger partial charge is 0.332 e. The van der Waals surface area contributed by atoms with Crippen LogP contribution in [0.1, 0.15) is 42.7 Å². The molecular formula is C27H31N5O3S2. The van der Waals surface area contributed by atoms with Gasteiger partial charge in [0.15, 0.2) is 0 Å². The number of aromatic nitrogens is 3. The fourth-order valence-electron chi connectivity index (χ4n) is 3.99. The molecule has 2 N–H and O–H groups in total. The van der Waals surface area contributed by atoms with Gasteiger partial charge in [-0.2, -0.15) is 0 Å². The molecule has 0 aliphatic rings. The molecule has 0 aliphatic heterocycles. The van der Waals surface area contributed by atoms with E-state index in [1.807, 2.05) is 36.5 Å². The summed E-state index contributed by atoms with van der Waals surface area (Å²) in [6.07, 6.45) is 6.97. The Morgan fingerprint density at radius 2 is 1.86 bits per heavy atom. The standard InChI is InChI=1S/C27H31N5O3S2/c1-4-25-29-13-14-32(25)18-20-8-10-21(11-9-20)24-16-23(15-19(2)3)36-26(24)37(34,35)31-27(33)30-17-22-7-5-6-12-28-22/h5-14,16,19H,4,15,17-18H2,1-3H3,(H2,30,31,33). The van der Waals surface area contributed by atoms with Crippen LogP contribution in [0.2, 0.25) is 0 Å². The summed E-state index contributed by atoms with van der Waals surface area (Å²) in [6.45, 7) is 7.06. The Hall–Kier alpha value is -3.50. The highest BCUT2D eigenvalue weighted by molar-refractivity contribution is 7.92. The van der Waals surface area contributed by atoms with Crippen LogP contribution in [-0.4, -0.2) is 29.0 Å². The fraction of sp³-hybridized carbons (Fsp3) is 0.296. The molecule has 2 amide bonds. The van der Waals surface area contributed by atoms with E-state index >= 15 is 0 Å². The maximum atomic E-state index is 13.3. The number of carbonyl (C=O) groups excluding carboxylic acids is 1. The number of urea groups is 1. The Kier molecular flexibility index (Phi) is 8.40. The number of aryl methyl sites for hydroxylation is 1. The lowest BCUT2D eigenvalue weighted by molar-refractivity contribution is 0.245. The number of hydrogen-bond acceptors (Lipinski definition) is 6. The van der Waals surface area contributed by atoms with Gasteiger partial charge in [-0.3, -0.25) is 4.98 Å². The van der Waals surface area contributed by atoms with E-state index in [1.54, 1.807) is 30.6 Å². The lowest BCUT2D eigenvalue weighted by atomic mass is 10.0. The van der Waals surface area contributed by atoms with Crippen LogP contribution in [-0.2, 0) is 36.0 Å². The first-order chi connectivity index (χ1) is 17.7. The average Bonchev–Trinajstić information content (AvgIpc) is 3.50. The van der Waals surface area contributed by atoms with Crippen molar-refractivity contribution >= 4 is 27.4 Å². The third kappa shape index (κ3) is 6.84. The van der Waals surface area contributed by atoms with Gasteiger partial charge in [-0.15, -0.1) is 11.3 Å². The third-order valence-corrected chi connectivity index (χ3v) is 8.74. The van der Waals surface area contributed by atoms with E-state index < -0.39 is 16.1 Å². The summed E-state index contributed by atoms with van der Waals surface area (Å²) < 4.78 is 31.0. The van der Waals surface area contributed by atoms with E-state index in [4.69, 9.17) is 0 Å². The summed E-state index contributed by atoms with van der Waals surface area (Å²) in [5.74, 6) is 1.38. The van der Waals surface area contributed by atoms with Crippen LogP contribution in [0.15, 0.2) is 71.3 Å². The summed E-state index contributed by atoms with van der Waals surface area (Å²) in [5.41, 5.74) is 3.10. The molecule has 10 heteroatoms. The molecule has 0 bridgehead atoms. The Morgan fingerprint density at radius 3 is 2.54 bits per heavy atom. The second-order valence-corrected chi connectivity index (χ2v) is 12.2. The lowest BCUT2D eigenvalue weighted by Crippen LogP contribution is -2.39. The Bertz CT molecular complexity index is 1440. The molecule has 4 rings (SSSR count). The third-order valence-electron chi connectivity index (χ3n) is 5.72. The van der Waals surface area contributed by atoms with Gasteiger partial charge < -0.3 is 9.88 Å². The number of amides is 2. The van der Waals surface area contributed by atoms with Gasteiger partial charge in [0.1, 0.15) is 10.0 Å². The lowest BCUT2D eigenvalue weighted by Gasteiger charge is -2.10. The summed E-state index contributed by atoms with van der Waals surface area (Å²) in [4.78, 5) is 21.9. The summed E-state index contributed by atoms with van der Waals surface area (Å²) in [7, 11) is -4.09. The van der Waals surface area contributed by atoms with Gasteiger partial charge in [0.2, 0.25) is 0 Å². The Labute approximate surface area is 221 Å². The SMILES string of the molecule is CCc1nccn1Cc1ccc(-c2cc(CC(C)C)sc2S(=O)(=O)NC(=O)NCc2ccccn2)cc1. The van der Waals surface area contributed by atoms with Crippen LogP contribution in [0, 0.1) is 5.92 Å². The van der Waals surface area contributed by atoms with E-state index in [0.29, 0.717) is 23.7 Å². The summed E-state index contributed by atoms with van der Waals surface area (Å²) in [6, 6.07) is 14.3. The number of sulfonamides is 1. The molecule has 4 aromatic rings. The first-order valence-electron chi connectivity index (χ1n) is 12.2. The van der Waals surface area contributed by atoms with Crippen molar-refractivity contribution in [2.45, 2.75) is 50.9 Å². The molecule has 0 atom stereocenters. The van der Waals surface area contributed by atoms with Crippen molar-refractivity contribution in [2.75, 3.05) is 0 Å². The topological polar surface area (TPSA) is 106 Å².